The maximum Gasteiger partial charge on any atom is 0.0494 e. The molecule has 0 amide bonds. The van der Waals surface area contributed by atoms with Crippen molar-refractivity contribution in [1.82, 2.24) is 0 Å². The third-order valence-corrected chi connectivity index (χ3v) is 4.08. The molecule has 116 valence electrons. The van der Waals surface area contributed by atoms with Crippen LogP contribution in [0.25, 0.3) is 0 Å². The second kappa shape index (κ2) is 14.3. The summed E-state index contributed by atoms with van der Waals surface area (Å²) in [5.41, 5.74) is 0. The van der Waals surface area contributed by atoms with Crippen LogP contribution in [0.1, 0.15) is 78.6 Å². The topological polar surface area (TPSA) is 29.5 Å². The summed E-state index contributed by atoms with van der Waals surface area (Å²) >= 11 is 0. The molecule has 0 saturated carbocycles. The maximum atomic E-state index is 9.24. The van der Waals surface area contributed by atoms with Gasteiger partial charge in [0, 0.05) is 19.8 Å². The molecule has 0 saturated heterocycles. The van der Waals surface area contributed by atoms with Gasteiger partial charge in [0.25, 0.3) is 0 Å². The highest BCUT2D eigenvalue weighted by Crippen LogP contribution is 2.18. The lowest BCUT2D eigenvalue weighted by Gasteiger charge is -2.20. The number of ether oxygens (including phenoxy) is 1. The summed E-state index contributed by atoms with van der Waals surface area (Å²) in [6.07, 6.45) is 11.3. The highest BCUT2D eigenvalue weighted by atomic mass is 16.5. The van der Waals surface area contributed by atoms with Gasteiger partial charge in [-0.2, -0.15) is 0 Å². The Morgan fingerprint density at radius 2 is 1.47 bits per heavy atom. The molecule has 0 aliphatic heterocycles. The standard InChI is InChI=1S/C17H36O2/c1-4-7-8-9-10-11-12-19-15-17(6-3)13-16(5-2)14-18/h16-18H,4-15H2,1-3H3. The van der Waals surface area contributed by atoms with Crippen LogP contribution in [0.15, 0.2) is 0 Å². The Morgan fingerprint density at radius 1 is 0.842 bits per heavy atom. The van der Waals surface area contributed by atoms with Gasteiger partial charge in [-0.25, -0.2) is 0 Å². The molecule has 1 N–H and O–H groups in total. The summed E-state index contributed by atoms with van der Waals surface area (Å²) in [6, 6.07) is 0. The van der Waals surface area contributed by atoms with Gasteiger partial charge in [-0.3, -0.25) is 0 Å². The lowest BCUT2D eigenvalue weighted by Crippen LogP contribution is -2.16. The molecule has 2 unspecified atom stereocenters. The lowest BCUT2D eigenvalue weighted by atomic mass is 9.92. The third kappa shape index (κ3) is 11.4. The first kappa shape index (κ1) is 18.9. The largest absolute Gasteiger partial charge is 0.396 e. The van der Waals surface area contributed by atoms with Gasteiger partial charge in [0.2, 0.25) is 0 Å². The molecule has 19 heavy (non-hydrogen) atoms. The molecular formula is C17H36O2. The normalized spacial score (nSPS) is 14.5. The van der Waals surface area contributed by atoms with E-state index in [4.69, 9.17) is 4.74 Å². The van der Waals surface area contributed by atoms with Crippen LogP contribution in [0.2, 0.25) is 0 Å². The van der Waals surface area contributed by atoms with Crippen molar-refractivity contribution in [3.63, 3.8) is 0 Å². The van der Waals surface area contributed by atoms with Crippen LogP contribution in [0.3, 0.4) is 0 Å². The first-order valence-electron chi connectivity index (χ1n) is 8.46. The zero-order valence-electron chi connectivity index (χ0n) is 13.5. The number of unbranched alkanes of at least 4 members (excludes halogenated alkanes) is 5. The van der Waals surface area contributed by atoms with Crippen molar-refractivity contribution in [2.75, 3.05) is 19.8 Å². The van der Waals surface area contributed by atoms with Crippen LogP contribution in [-0.4, -0.2) is 24.9 Å². The molecule has 0 aliphatic rings. The number of hydrogen-bond donors (Lipinski definition) is 1. The van der Waals surface area contributed by atoms with E-state index >= 15 is 0 Å². The SMILES string of the molecule is CCCCCCCCOCC(CC)CC(CC)CO. The molecule has 2 heteroatoms. The van der Waals surface area contributed by atoms with Crippen molar-refractivity contribution in [2.45, 2.75) is 78.6 Å². The van der Waals surface area contributed by atoms with Gasteiger partial charge < -0.3 is 9.84 Å². The molecule has 0 aromatic heterocycles. The minimum absolute atomic E-state index is 0.324. The van der Waals surface area contributed by atoms with E-state index < -0.39 is 0 Å². The van der Waals surface area contributed by atoms with Crippen LogP contribution >= 0.6 is 0 Å². The number of aliphatic hydroxyl groups excluding tert-OH is 1. The van der Waals surface area contributed by atoms with E-state index in [-0.39, 0.29) is 0 Å². The van der Waals surface area contributed by atoms with E-state index in [0.29, 0.717) is 18.4 Å². The van der Waals surface area contributed by atoms with Crippen LogP contribution in [0, 0.1) is 11.8 Å². The molecule has 2 nitrogen and oxygen atoms in total. The average Bonchev–Trinajstić information content (AvgIpc) is 2.45. The Balaban J connectivity index is 3.45. The van der Waals surface area contributed by atoms with Gasteiger partial charge in [-0.05, 0) is 24.7 Å². The summed E-state index contributed by atoms with van der Waals surface area (Å²) in [4.78, 5) is 0. The zero-order chi connectivity index (χ0) is 14.3. The second-order valence-corrected chi connectivity index (χ2v) is 5.81. The van der Waals surface area contributed by atoms with E-state index in [1.165, 1.54) is 38.5 Å². The number of rotatable bonds is 14. The average molecular weight is 272 g/mol. The molecule has 0 fully saturated rings. The highest BCUT2D eigenvalue weighted by Gasteiger charge is 2.13. The summed E-state index contributed by atoms with van der Waals surface area (Å²) < 4.78 is 5.80. The summed E-state index contributed by atoms with van der Waals surface area (Å²) in [5.74, 6) is 1.08. The van der Waals surface area contributed by atoms with Gasteiger partial charge >= 0.3 is 0 Å². The van der Waals surface area contributed by atoms with Gasteiger partial charge in [0.15, 0.2) is 0 Å². The van der Waals surface area contributed by atoms with Crippen molar-refractivity contribution < 1.29 is 9.84 Å². The summed E-state index contributed by atoms with van der Waals surface area (Å²) in [6.45, 7) is 8.75. The van der Waals surface area contributed by atoms with Gasteiger partial charge in [0.05, 0.1) is 0 Å². The van der Waals surface area contributed by atoms with Crippen molar-refractivity contribution in [2.24, 2.45) is 11.8 Å². The first-order valence-corrected chi connectivity index (χ1v) is 8.46. The zero-order valence-corrected chi connectivity index (χ0v) is 13.5. The number of hydrogen-bond acceptors (Lipinski definition) is 2. The Kier molecular flexibility index (Phi) is 14.3. The Hall–Kier alpha value is -0.0800. The van der Waals surface area contributed by atoms with Gasteiger partial charge in [0.1, 0.15) is 0 Å². The molecule has 0 aromatic rings. The van der Waals surface area contributed by atoms with E-state index in [0.717, 1.165) is 32.5 Å². The van der Waals surface area contributed by atoms with Gasteiger partial charge in [-0.15, -0.1) is 0 Å². The summed E-state index contributed by atoms with van der Waals surface area (Å²) in [7, 11) is 0. The van der Waals surface area contributed by atoms with Crippen molar-refractivity contribution in [3.05, 3.63) is 0 Å². The van der Waals surface area contributed by atoms with Gasteiger partial charge in [-0.1, -0.05) is 65.7 Å². The van der Waals surface area contributed by atoms with Crippen LogP contribution < -0.4 is 0 Å². The molecule has 0 aliphatic carbocycles. The van der Waals surface area contributed by atoms with E-state index in [1.54, 1.807) is 0 Å². The van der Waals surface area contributed by atoms with E-state index in [2.05, 4.69) is 20.8 Å². The molecule has 0 bridgehead atoms. The van der Waals surface area contributed by atoms with Crippen LogP contribution in [0.4, 0.5) is 0 Å². The molecule has 0 spiro atoms. The molecular weight excluding hydrogens is 236 g/mol. The van der Waals surface area contributed by atoms with E-state index in [1.807, 2.05) is 0 Å². The van der Waals surface area contributed by atoms with Crippen molar-refractivity contribution >= 4 is 0 Å². The first-order chi connectivity index (χ1) is 9.28. The smallest absolute Gasteiger partial charge is 0.0494 e. The Bertz CT molecular complexity index is 167. The maximum absolute atomic E-state index is 9.24. The summed E-state index contributed by atoms with van der Waals surface area (Å²) in [5, 5.41) is 9.24. The van der Waals surface area contributed by atoms with Crippen molar-refractivity contribution in [1.29, 1.82) is 0 Å². The monoisotopic (exact) mass is 272 g/mol. The molecule has 0 rings (SSSR count). The van der Waals surface area contributed by atoms with Crippen LogP contribution in [-0.2, 0) is 4.74 Å². The predicted molar refractivity (Wildman–Crippen MR) is 83.5 cm³/mol. The second-order valence-electron chi connectivity index (χ2n) is 5.81. The molecule has 0 aromatic carbocycles. The fourth-order valence-corrected chi connectivity index (χ4v) is 2.43. The predicted octanol–water partition coefficient (Wildman–Crippen LogP) is 4.80. The molecule has 0 heterocycles. The lowest BCUT2D eigenvalue weighted by molar-refractivity contribution is 0.0783. The Morgan fingerprint density at radius 3 is 2.05 bits per heavy atom. The Labute approximate surface area is 120 Å². The quantitative estimate of drug-likeness (QED) is 0.460. The highest BCUT2D eigenvalue weighted by molar-refractivity contribution is 4.63. The van der Waals surface area contributed by atoms with Crippen LogP contribution in [0.5, 0.6) is 0 Å². The fourth-order valence-electron chi connectivity index (χ4n) is 2.43. The fraction of sp³-hybridized carbons (Fsp3) is 1.00. The molecule has 2 atom stereocenters. The minimum atomic E-state index is 0.324. The molecule has 0 radical (unpaired) electrons. The third-order valence-electron chi connectivity index (χ3n) is 4.08. The van der Waals surface area contributed by atoms with E-state index in [9.17, 15) is 5.11 Å². The number of aliphatic hydroxyl groups is 1. The van der Waals surface area contributed by atoms with Crippen molar-refractivity contribution in [3.8, 4) is 0 Å². The minimum Gasteiger partial charge on any atom is -0.396 e.